The Morgan fingerprint density at radius 2 is 2.11 bits per heavy atom. The molecule has 0 radical (unpaired) electrons. The number of rotatable bonds is 3. The molecule has 1 unspecified atom stereocenters. The van der Waals surface area contributed by atoms with Crippen LogP contribution in [0, 0.1) is 0 Å². The van der Waals surface area contributed by atoms with Gasteiger partial charge in [0.05, 0.1) is 5.92 Å². The molecule has 0 saturated heterocycles. The van der Waals surface area contributed by atoms with Crippen LogP contribution in [0.2, 0.25) is 0 Å². The number of aromatic nitrogens is 2. The van der Waals surface area contributed by atoms with Gasteiger partial charge in [-0.3, -0.25) is 4.79 Å². The summed E-state index contributed by atoms with van der Waals surface area (Å²) in [5.41, 5.74) is 1.12. The van der Waals surface area contributed by atoms with Crippen LogP contribution < -0.4 is 0 Å². The normalized spacial score (nSPS) is 19.0. The first-order valence-corrected chi connectivity index (χ1v) is 7.11. The molecule has 1 fully saturated rings. The van der Waals surface area contributed by atoms with Gasteiger partial charge in [0.2, 0.25) is 5.89 Å². The van der Waals surface area contributed by atoms with E-state index in [0.717, 1.165) is 22.9 Å². The van der Waals surface area contributed by atoms with Crippen molar-refractivity contribution in [1.82, 2.24) is 10.1 Å². The van der Waals surface area contributed by atoms with E-state index >= 15 is 0 Å². The van der Waals surface area contributed by atoms with Crippen LogP contribution in [-0.2, 0) is 11.2 Å². The lowest BCUT2D eigenvalue weighted by Gasteiger charge is -1.99. The zero-order valence-electron chi connectivity index (χ0n) is 10.3. The number of hydrogen-bond acceptors (Lipinski definition) is 4. The molecule has 1 aromatic carbocycles. The molecule has 3 rings (SSSR count). The largest absolute Gasteiger partial charge is 0.339 e. The molecular weight excluding hydrogens is 308 g/mol. The number of nitrogens with zero attached hydrogens (tertiary/aromatic N) is 2. The van der Waals surface area contributed by atoms with Crippen LogP contribution in [0.4, 0.5) is 0 Å². The minimum absolute atomic E-state index is 0.175. The second-order valence-corrected chi connectivity index (χ2v) is 5.68. The van der Waals surface area contributed by atoms with Crippen LogP contribution in [-0.4, -0.2) is 15.9 Å². The molecule has 0 bridgehead atoms. The molecule has 1 aliphatic rings. The van der Waals surface area contributed by atoms with Gasteiger partial charge in [-0.1, -0.05) is 33.2 Å². The maximum absolute atomic E-state index is 11.6. The van der Waals surface area contributed by atoms with E-state index in [1.165, 1.54) is 0 Å². The molecule has 0 aliphatic heterocycles. The van der Waals surface area contributed by atoms with Crippen LogP contribution in [0.15, 0.2) is 33.3 Å². The van der Waals surface area contributed by atoms with Gasteiger partial charge in [-0.2, -0.15) is 4.98 Å². The molecule has 2 aromatic rings. The zero-order chi connectivity index (χ0) is 13.2. The van der Waals surface area contributed by atoms with Crippen molar-refractivity contribution in [1.29, 1.82) is 0 Å². The minimum atomic E-state index is -0.175. The third-order valence-electron chi connectivity index (χ3n) is 3.36. The van der Waals surface area contributed by atoms with E-state index in [0.29, 0.717) is 24.6 Å². The Hall–Kier alpha value is -1.49. The van der Waals surface area contributed by atoms with Crippen molar-refractivity contribution < 1.29 is 9.32 Å². The average molecular weight is 321 g/mol. The first-order valence-electron chi connectivity index (χ1n) is 6.32. The van der Waals surface area contributed by atoms with Gasteiger partial charge < -0.3 is 4.52 Å². The van der Waals surface area contributed by atoms with Crippen LogP contribution >= 0.6 is 15.9 Å². The van der Waals surface area contributed by atoms with Gasteiger partial charge in [0, 0.05) is 17.3 Å². The van der Waals surface area contributed by atoms with Crippen LogP contribution in [0.1, 0.15) is 42.5 Å². The van der Waals surface area contributed by atoms with E-state index < -0.39 is 0 Å². The fourth-order valence-electron chi connectivity index (χ4n) is 2.34. The summed E-state index contributed by atoms with van der Waals surface area (Å²) in [6.07, 6.45) is 3.01. The summed E-state index contributed by atoms with van der Waals surface area (Å²) in [5.74, 6) is 1.16. The summed E-state index contributed by atoms with van der Waals surface area (Å²) in [5, 5.41) is 3.96. The third kappa shape index (κ3) is 2.76. The molecule has 19 heavy (non-hydrogen) atoms. The maximum atomic E-state index is 11.6. The van der Waals surface area contributed by atoms with E-state index in [-0.39, 0.29) is 11.7 Å². The molecule has 1 atom stereocenters. The number of carbonyl (C=O) groups excluding carboxylic acids is 1. The molecule has 1 saturated carbocycles. The molecule has 0 N–H and O–H groups in total. The Morgan fingerprint density at radius 3 is 2.79 bits per heavy atom. The van der Waals surface area contributed by atoms with Gasteiger partial charge in [0.1, 0.15) is 5.78 Å². The number of Topliss-reactive ketones (excluding diaryl/α,β-unsaturated/α-hetero) is 1. The average Bonchev–Trinajstić information content (AvgIpc) is 3.01. The minimum Gasteiger partial charge on any atom is -0.339 e. The summed E-state index contributed by atoms with van der Waals surface area (Å²) in [6, 6.07) is 8.00. The van der Waals surface area contributed by atoms with Gasteiger partial charge in [-0.05, 0) is 30.5 Å². The molecular formula is C14H13BrN2O2. The SMILES string of the molecule is O=C1CCCC1c1nc(Cc2ccc(Br)cc2)no1. The first-order chi connectivity index (χ1) is 9.22. The summed E-state index contributed by atoms with van der Waals surface area (Å²) < 4.78 is 6.27. The highest BCUT2D eigenvalue weighted by Gasteiger charge is 2.30. The first kappa shape index (κ1) is 12.5. The standard InChI is InChI=1S/C14H13BrN2O2/c15-10-6-4-9(5-7-10)8-13-16-14(19-17-13)11-2-1-3-12(11)18/h4-7,11H,1-3,8H2. The van der Waals surface area contributed by atoms with E-state index in [4.69, 9.17) is 4.52 Å². The van der Waals surface area contributed by atoms with E-state index in [1.54, 1.807) is 0 Å². The van der Waals surface area contributed by atoms with Gasteiger partial charge in [-0.15, -0.1) is 0 Å². The number of carbonyl (C=O) groups is 1. The summed E-state index contributed by atoms with van der Waals surface area (Å²) in [4.78, 5) is 16.0. The molecule has 1 aliphatic carbocycles. The highest BCUT2D eigenvalue weighted by atomic mass is 79.9. The lowest BCUT2D eigenvalue weighted by molar-refractivity contribution is -0.119. The predicted octanol–water partition coefficient (Wildman–Crippen LogP) is 3.26. The zero-order valence-corrected chi connectivity index (χ0v) is 11.9. The number of ketones is 1. The van der Waals surface area contributed by atoms with Crippen molar-refractivity contribution in [2.45, 2.75) is 31.6 Å². The molecule has 1 heterocycles. The second kappa shape index (κ2) is 5.25. The Bertz CT molecular complexity index is 592. The second-order valence-electron chi connectivity index (χ2n) is 4.76. The van der Waals surface area contributed by atoms with Crippen LogP contribution in [0.5, 0.6) is 0 Å². The molecule has 5 heteroatoms. The van der Waals surface area contributed by atoms with Crippen LogP contribution in [0.3, 0.4) is 0 Å². The van der Waals surface area contributed by atoms with Crippen molar-refractivity contribution in [3.8, 4) is 0 Å². The van der Waals surface area contributed by atoms with Gasteiger partial charge in [0.15, 0.2) is 5.82 Å². The quantitative estimate of drug-likeness (QED) is 0.871. The van der Waals surface area contributed by atoms with Crippen molar-refractivity contribution in [2.24, 2.45) is 0 Å². The van der Waals surface area contributed by atoms with Crippen molar-refractivity contribution in [3.63, 3.8) is 0 Å². The van der Waals surface area contributed by atoms with Crippen molar-refractivity contribution >= 4 is 21.7 Å². The Kier molecular flexibility index (Phi) is 3.46. The number of hydrogen-bond donors (Lipinski definition) is 0. The Morgan fingerprint density at radius 1 is 1.32 bits per heavy atom. The van der Waals surface area contributed by atoms with E-state index in [2.05, 4.69) is 26.1 Å². The fourth-order valence-corrected chi connectivity index (χ4v) is 2.61. The molecule has 98 valence electrons. The predicted molar refractivity (Wildman–Crippen MR) is 72.8 cm³/mol. The van der Waals surface area contributed by atoms with E-state index in [9.17, 15) is 4.79 Å². The maximum Gasteiger partial charge on any atom is 0.237 e. The molecule has 1 aromatic heterocycles. The topological polar surface area (TPSA) is 56.0 Å². The highest BCUT2D eigenvalue weighted by molar-refractivity contribution is 9.10. The van der Waals surface area contributed by atoms with Crippen LogP contribution in [0.25, 0.3) is 0 Å². The summed E-state index contributed by atoms with van der Waals surface area (Å²) >= 11 is 3.40. The smallest absolute Gasteiger partial charge is 0.237 e. The Labute approximate surface area is 119 Å². The summed E-state index contributed by atoms with van der Waals surface area (Å²) in [7, 11) is 0. The lowest BCUT2D eigenvalue weighted by Crippen LogP contribution is -2.04. The lowest BCUT2D eigenvalue weighted by atomic mass is 10.1. The van der Waals surface area contributed by atoms with Crippen molar-refractivity contribution in [2.75, 3.05) is 0 Å². The molecule has 4 nitrogen and oxygen atoms in total. The highest BCUT2D eigenvalue weighted by Crippen LogP contribution is 2.30. The molecule has 0 amide bonds. The van der Waals surface area contributed by atoms with Crippen molar-refractivity contribution in [3.05, 3.63) is 46.0 Å². The van der Waals surface area contributed by atoms with Gasteiger partial charge in [-0.25, -0.2) is 0 Å². The van der Waals surface area contributed by atoms with E-state index in [1.807, 2.05) is 24.3 Å². The van der Waals surface area contributed by atoms with Gasteiger partial charge >= 0.3 is 0 Å². The number of benzene rings is 1. The number of halogens is 1. The third-order valence-corrected chi connectivity index (χ3v) is 3.89. The monoisotopic (exact) mass is 320 g/mol. The Balaban J connectivity index is 1.74. The van der Waals surface area contributed by atoms with Gasteiger partial charge in [0.25, 0.3) is 0 Å². The summed E-state index contributed by atoms with van der Waals surface area (Å²) in [6.45, 7) is 0. The molecule has 0 spiro atoms. The fraction of sp³-hybridized carbons (Fsp3) is 0.357.